The van der Waals surface area contributed by atoms with Gasteiger partial charge in [0, 0.05) is 0 Å². The van der Waals surface area contributed by atoms with E-state index in [1.807, 2.05) is 12.1 Å². The van der Waals surface area contributed by atoms with Gasteiger partial charge in [-0.1, -0.05) is 76.1 Å². The van der Waals surface area contributed by atoms with Crippen LogP contribution in [0.25, 0.3) is 11.1 Å². The molecule has 0 heterocycles. The first-order chi connectivity index (χ1) is 12.5. The summed E-state index contributed by atoms with van der Waals surface area (Å²) in [6.45, 7) is 3.58. The van der Waals surface area contributed by atoms with E-state index in [0.29, 0.717) is 5.56 Å². The minimum Gasteiger partial charge on any atom is -0.206 e. The Morgan fingerprint density at radius 3 is 1.92 bits per heavy atom. The molecule has 0 N–H and O–H groups in total. The zero-order valence-electron chi connectivity index (χ0n) is 15.9. The van der Waals surface area contributed by atoms with Gasteiger partial charge in [0.25, 0.3) is 0 Å². The molecule has 0 aliphatic heterocycles. The molecule has 2 rings (SSSR count). The number of benzene rings is 2. The van der Waals surface area contributed by atoms with Crippen LogP contribution in [0.15, 0.2) is 30.3 Å². The predicted octanol–water partition coefficient (Wildman–Crippen LogP) is 7.76. The van der Waals surface area contributed by atoms with Crippen molar-refractivity contribution in [1.29, 1.82) is 0 Å². The van der Waals surface area contributed by atoms with E-state index in [9.17, 15) is 13.2 Å². The van der Waals surface area contributed by atoms with E-state index in [0.717, 1.165) is 24.5 Å². The minimum absolute atomic E-state index is 0.0185. The second-order valence-corrected chi connectivity index (χ2v) is 7.10. The SMILES string of the molecule is CCCCCCCCCCc1ccc(-c2c(F)cc(C)c(F)c2F)cc1. The molecule has 0 fully saturated rings. The molecule has 0 unspecified atom stereocenters. The van der Waals surface area contributed by atoms with Gasteiger partial charge in [-0.3, -0.25) is 0 Å². The summed E-state index contributed by atoms with van der Waals surface area (Å²) >= 11 is 0. The Hall–Kier alpha value is -1.77. The van der Waals surface area contributed by atoms with Gasteiger partial charge in [0.05, 0.1) is 5.56 Å². The zero-order valence-corrected chi connectivity index (χ0v) is 15.9. The van der Waals surface area contributed by atoms with Crippen molar-refractivity contribution >= 4 is 0 Å². The molecule has 0 bridgehead atoms. The van der Waals surface area contributed by atoms with Crippen LogP contribution in [0, 0.1) is 24.4 Å². The molecule has 142 valence electrons. The molecule has 0 radical (unpaired) electrons. The molecule has 0 aliphatic rings. The van der Waals surface area contributed by atoms with E-state index >= 15 is 0 Å². The fourth-order valence-corrected chi connectivity index (χ4v) is 3.28. The van der Waals surface area contributed by atoms with Crippen LogP contribution in [0.5, 0.6) is 0 Å². The molecular formula is C23H29F3. The van der Waals surface area contributed by atoms with Crippen LogP contribution < -0.4 is 0 Å². The highest BCUT2D eigenvalue weighted by Crippen LogP contribution is 2.29. The number of hydrogen-bond donors (Lipinski definition) is 0. The lowest BCUT2D eigenvalue weighted by Crippen LogP contribution is -1.98. The molecule has 0 nitrogen and oxygen atoms in total. The highest BCUT2D eigenvalue weighted by Gasteiger charge is 2.18. The number of unbranched alkanes of at least 4 members (excludes halogenated alkanes) is 7. The van der Waals surface area contributed by atoms with Crippen LogP contribution in [0.2, 0.25) is 0 Å². The summed E-state index contributed by atoms with van der Waals surface area (Å²) in [6, 6.07) is 8.16. The quantitative estimate of drug-likeness (QED) is 0.299. The first-order valence-electron chi connectivity index (χ1n) is 9.78. The minimum atomic E-state index is -1.11. The average Bonchev–Trinajstić information content (AvgIpc) is 2.63. The largest absolute Gasteiger partial charge is 0.206 e. The average molecular weight is 362 g/mol. The summed E-state index contributed by atoms with van der Waals surface area (Å²) in [5, 5.41) is 0. The van der Waals surface area contributed by atoms with Crippen molar-refractivity contribution < 1.29 is 13.2 Å². The van der Waals surface area contributed by atoms with Gasteiger partial charge >= 0.3 is 0 Å². The fourth-order valence-electron chi connectivity index (χ4n) is 3.28. The summed E-state index contributed by atoms with van der Waals surface area (Å²) in [6.07, 6.45) is 11.1. The molecule has 2 aromatic rings. The molecule has 0 saturated heterocycles. The fraction of sp³-hybridized carbons (Fsp3) is 0.478. The van der Waals surface area contributed by atoms with Gasteiger partial charge in [-0.05, 0) is 42.5 Å². The maximum absolute atomic E-state index is 14.1. The molecule has 0 spiro atoms. The smallest absolute Gasteiger partial charge is 0.169 e. The Morgan fingerprint density at radius 2 is 1.31 bits per heavy atom. The maximum Gasteiger partial charge on any atom is 0.169 e. The maximum atomic E-state index is 14.1. The molecule has 3 heteroatoms. The van der Waals surface area contributed by atoms with Crippen molar-refractivity contribution in [2.45, 2.75) is 71.6 Å². The first kappa shape index (κ1) is 20.5. The summed E-state index contributed by atoms with van der Waals surface area (Å²) in [7, 11) is 0. The van der Waals surface area contributed by atoms with Gasteiger partial charge in [0.1, 0.15) is 5.82 Å². The second-order valence-electron chi connectivity index (χ2n) is 7.10. The normalized spacial score (nSPS) is 11.1. The molecule has 2 aromatic carbocycles. The third-order valence-electron chi connectivity index (χ3n) is 4.90. The van der Waals surface area contributed by atoms with Gasteiger partial charge in [-0.2, -0.15) is 0 Å². The van der Waals surface area contributed by atoms with Crippen LogP contribution in [0.4, 0.5) is 13.2 Å². The number of halogens is 3. The van der Waals surface area contributed by atoms with E-state index in [1.54, 1.807) is 12.1 Å². The van der Waals surface area contributed by atoms with Gasteiger partial charge in [-0.25, -0.2) is 13.2 Å². The molecular weight excluding hydrogens is 333 g/mol. The standard InChI is InChI=1S/C23H29F3/c1-3-4-5-6-7-8-9-10-11-18-12-14-19(15-13-18)21-20(24)16-17(2)22(25)23(21)26/h12-16H,3-11H2,1-2H3. The highest BCUT2D eigenvalue weighted by molar-refractivity contribution is 5.65. The second kappa shape index (κ2) is 10.4. The predicted molar refractivity (Wildman–Crippen MR) is 103 cm³/mol. The van der Waals surface area contributed by atoms with Crippen molar-refractivity contribution in [2.75, 3.05) is 0 Å². The number of hydrogen-bond acceptors (Lipinski definition) is 0. The van der Waals surface area contributed by atoms with Crippen LogP contribution in [-0.2, 0) is 6.42 Å². The zero-order chi connectivity index (χ0) is 18.9. The summed E-state index contributed by atoms with van der Waals surface area (Å²) in [5.74, 6) is -2.82. The van der Waals surface area contributed by atoms with Gasteiger partial charge < -0.3 is 0 Å². The van der Waals surface area contributed by atoms with Crippen molar-refractivity contribution in [2.24, 2.45) is 0 Å². The van der Waals surface area contributed by atoms with E-state index in [1.165, 1.54) is 51.9 Å². The lowest BCUT2D eigenvalue weighted by molar-refractivity contribution is 0.493. The Kier molecular flexibility index (Phi) is 8.21. The van der Waals surface area contributed by atoms with E-state index in [-0.39, 0.29) is 11.1 Å². The van der Waals surface area contributed by atoms with Crippen LogP contribution in [-0.4, -0.2) is 0 Å². The molecule has 0 aliphatic carbocycles. The topological polar surface area (TPSA) is 0 Å². The number of rotatable bonds is 10. The lowest BCUT2D eigenvalue weighted by atomic mass is 9.99. The third kappa shape index (κ3) is 5.62. The van der Waals surface area contributed by atoms with E-state index in [2.05, 4.69) is 6.92 Å². The van der Waals surface area contributed by atoms with Crippen LogP contribution >= 0.6 is 0 Å². The van der Waals surface area contributed by atoms with Crippen molar-refractivity contribution in [3.05, 3.63) is 58.9 Å². The molecule has 0 amide bonds. The van der Waals surface area contributed by atoms with Gasteiger partial charge in [0.15, 0.2) is 11.6 Å². The Labute approximate surface area is 155 Å². The third-order valence-corrected chi connectivity index (χ3v) is 4.90. The Balaban J connectivity index is 1.87. The van der Waals surface area contributed by atoms with E-state index in [4.69, 9.17) is 0 Å². The monoisotopic (exact) mass is 362 g/mol. The van der Waals surface area contributed by atoms with E-state index < -0.39 is 17.5 Å². The summed E-state index contributed by atoms with van der Waals surface area (Å²) in [5.41, 5.74) is 1.22. The lowest BCUT2D eigenvalue weighted by Gasteiger charge is -2.09. The van der Waals surface area contributed by atoms with Crippen LogP contribution in [0.1, 0.15) is 69.4 Å². The number of aryl methyl sites for hydroxylation is 2. The summed E-state index contributed by atoms with van der Waals surface area (Å²) in [4.78, 5) is 0. The van der Waals surface area contributed by atoms with Crippen LogP contribution in [0.3, 0.4) is 0 Å². The van der Waals surface area contributed by atoms with Gasteiger partial charge in [0.2, 0.25) is 0 Å². The van der Waals surface area contributed by atoms with Crippen molar-refractivity contribution in [1.82, 2.24) is 0 Å². The molecule has 0 atom stereocenters. The molecule has 26 heavy (non-hydrogen) atoms. The van der Waals surface area contributed by atoms with Crippen molar-refractivity contribution in [3.63, 3.8) is 0 Å². The summed E-state index contributed by atoms with van der Waals surface area (Å²) < 4.78 is 41.9. The molecule has 0 saturated carbocycles. The van der Waals surface area contributed by atoms with Gasteiger partial charge in [-0.15, -0.1) is 0 Å². The Morgan fingerprint density at radius 1 is 0.731 bits per heavy atom. The first-order valence-corrected chi connectivity index (χ1v) is 9.78. The highest BCUT2D eigenvalue weighted by atomic mass is 19.2. The Bertz CT molecular complexity index is 690. The molecule has 0 aromatic heterocycles. The van der Waals surface area contributed by atoms with Crippen molar-refractivity contribution in [3.8, 4) is 11.1 Å².